The van der Waals surface area contributed by atoms with Crippen molar-refractivity contribution in [1.29, 1.82) is 0 Å². The van der Waals surface area contributed by atoms with Gasteiger partial charge >= 0.3 is 0 Å². The fraction of sp³-hybridized carbons (Fsp3) is 0.214. The van der Waals surface area contributed by atoms with Gasteiger partial charge in [-0.05, 0) is 54.5 Å². The van der Waals surface area contributed by atoms with Crippen LogP contribution in [0.3, 0.4) is 0 Å². The van der Waals surface area contributed by atoms with E-state index in [0.717, 1.165) is 53.3 Å². The van der Waals surface area contributed by atoms with Crippen LogP contribution in [0.25, 0.3) is 10.9 Å². The maximum atomic E-state index is 13.0. The van der Waals surface area contributed by atoms with Crippen LogP contribution in [0.2, 0.25) is 0 Å². The molecule has 0 fully saturated rings. The Morgan fingerprint density at radius 2 is 1.47 bits per heavy atom. The molecule has 1 amide bonds. The minimum atomic E-state index is -0.0534. The monoisotopic (exact) mass is 422 g/mol. The van der Waals surface area contributed by atoms with E-state index in [9.17, 15) is 9.59 Å². The van der Waals surface area contributed by atoms with E-state index in [1.54, 1.807) is 0 Å². The summed E-state index contributed by atoms with van der Waals surface area (Å²) in [6.45, 7) is 0. The van der Waals surface area contributed by atoms with Crippen LogP contribution in [0.5, 0.6) is 0 Å². The molecule has 160 valence electrons. The van der Waals surface area contributed by atoms with E-state index in [2.05, 4.69) is 34.6 Å². The van der Waals surface area contributed by atoms with Gasteiger partial charge in [-0.1, -0.05) is 66.7 Å². The average Bonchev–Trinajstić information content (AvgIpc) is 2.84. The predicted octanol–water partition coefficient (Wildman–Crippen LogP) is 5.57. The first-order valence-electron chi connectivity index (χ1n) is 11.3. The molecule has 2 N–H and O–H groups in total. The zero-order valence-corrected chi connectivity index (χ0v) is 17.9. The van der Waals surface area contributed by atoms with Gasteiger partial charge in [-0.2, -0.15) is 0 Å². The Bertz CT molecular complexity index is 1270. The van der Waals surface area contributed by atoms with Gasteiger partial charge in [-0.3, -0.25) is 9.59 Å². The topological polar surface area (TPSA) is 62.0 Å². The van der Waals surface area contributed by atoms with Crippen molar-refractivity contribution in [3.05, 3.63) is 111 Å². The van der Waals surface area contributed by atoms with Crippen molar-refractivity contribution in [3.8, 4) is 0 Å². The van der Waals surface area contributed by atoms with Gasteiger partial charge in [0.2, 0.25) is 5.91 Å². The number of amides is 1. The second-order valence-corrected chi connectivity index (χ2v) is 8.50. The van der Waals surface area contributed by atoms with E-state index in [1.807, 2.05) is 54.6 Å². The first-order chi connectivity index (χ1) is 15.7. The second kappa shape index (κ2) is 8.83. The Morgan fingerprint density at radius 3 is 2.12 bits per heavy atom. The first-order valence-corrected chi connectivity index (χ1v) is 11.3. The third-order valence-corrected chi connectivity index (χ3v) is 6.41. The van der Waals surface area contributed by atoms with Crippen molar-refractivity contribution in [1.82, 2.24) is 4.98 Å². The summed E-state index contributed by atoms with van der Waals surface area (Å²) in [5.41, 5.74) is 5.82. The van der Waals surface area contributed by atoms with Gasteiger partial charge in [-0.15, -0.1) is 0 Å². The van der Waals surface area contributed by atoms with E-state index < -0.39 is 0 Å². The Hall–Kier alpha value is -3.66. The first kappa shape index (κ1) is 20.3. The molecule has 1 aliphatic rings. The number of hydrogen-bond donors (Lipinski definition) is 2. The molecular formula is C28H26N2O2. The van der Waals surface area contributed by atoms with Crippen molar-refractivity contribution >= 4 is 22.5 Å². The fourth-order valence-electron chi connectivity index (χ4n) is 4.84. The van der Waals surface area contributed by atoms with Crippen LogP contribution < -0.4 is 10.9 Å². The van der Waals surface area contributed by atoms with Gasteiger partial charge in [0.25, 0.3) is 5.56 Å². The molecule has 4 heteroatoms. The number of aryl methyl sites for hydroxylation is 1. The van der Waals surface area contributed by atoms with E-state index in [4.69, 9.17) is 0 Å². The summed E-state index contributed by atoms with van der Waals surface area (Å²) < 4.78 is 0. The Balaban J connectivity index is 1.41. The van der Waals surface area contributed by atoms with Gasteiger partial charge in [0.05, 0.1) is 5.52 Å². The van der Waals surface area contributed by atoms with Crippen molar-refractivity contribution in [2.24, 2.45) is 0 Å². The standard InChI is InChI=1S/C28H26N2O2/c31-27(18-25(19-9-3-1-4-10-19)20-11-5-2-6-12-20)29-21-15-16-23-22-13-7-8-14-24(22)28(32)30-26(23)17-21/h1-6,9-12,15-17,25H,7-8,13-14,18H2,(H,29,31)(H,30,32). The number of carbonyl (C=O) groups excluding carboxylic acids is 1. The van der Waals surface area contributed by atoms with Gasteiger partial charge in [0.15, 0.2) is 0 Å². The third-order valence-electron chi connectivity index (χ3n) is 6.41. The van der Waals surface area contributed by atoms with Crippen LogP contribution in [-0.2, 0) is 17.6 Å². The molecule has 0 atom stereocenters. The molecule has 0 spiro atoms. The number of anilines is 1. The molecule has 5 rings (SSSR count). The summed E-state index contributed by atoms with van der Waals surface area (Å²) >= 11 is 0. The molecule has 32 heavy (non-hydrogen) atoms. The molecule has 0 aliphatic heterocycles. The van der Waals surface area contributed by atoms with Crippen LogP contribution in [0.4, 0.5) is 5.69 Å². The number of fused-ring (bicyclic) bond motifs is 3. The second-order valence-electron chi connectivity index (χ2n) is 8.50. The highest BCUT2D eigenvalue weighted by molar-refractivity contribution is 5.95. The lowest BCUT2D eigenvalue weighted by Gasteiger charge is -2.19. The summed E-state index contributed by atoms with van der Waals surface area (Å²) in [5, 5.41) is 4.13. The zero-order chi connectivity index (χ0) is 21.9. The van der Waals surface area contributed by atoms with Crippen LogP contribution in [-0.4, -0.2) is 10.9 Å². The maximum Gasteiger partial charge on any atom is 0.251 e. The Kier molecular flexibility index (Phi) is 5.59. The van der Waals surface area contributed by atoms with Gasteiger partial charge in [0.1, 0.15) is 0 Å². The minimum Gasteiger partial charge on any atom is -0.326 e. The summed E-state index contributed by atoms with van der Waals surface area (Å²) in [6, 6.07) is 26.1. The number of hydrogen-bond acceptors (Lipinski definition) is 2. The van der Waals surface area contributed by atoms with Crippen LogP contribution in [0.15, 0.2) is 83.7 Å². The SMILES string of the molecule is O=C(CC(c1ccccc1)c1ccccc1)Nc1ccc2c3c(c(=O)[nH]c2c1)CCCC3. The largest absolute Gasteiger partial charge is 0.326 e. The van der Waals surface area contributed by atoms with Gasteiger partial charge < -0.3 is 10.3 Å². The molecule has 0 bridgehead atoms. The quantitative estimate of drug-likeness (QED) is 0.442. The lowest BCUT2D eigenvalue weighted by molar-refractivity contribution is -0.116. The van der Waals surface area contributed by atoms with Crippen molar-refractivity contribution < 1.29 is 4.79 Å². The number of H-pyrrole nitrogens is 1. The van der Waals surface area contributed by atoms with Crippen molar-refractivity contribution in [2.45, 2.75) is 38.0 Å². The van der Waals surface area contributed by atoms with Crippen molar-refractivity contribution in [3.63, 3.8) is 0 Å². The van der Waals surface area contributed by atoms with Gasteiger partial charge in [0, 0.05) is 29.0 Å². The summed E-state index contributed by atoms with van der Waals surface area (Å²) in [5.74, 6) is -0.0768. The molecule has 1 aliphatic carbocycles. The zero-order valence-electron chi connectivity index (χ0n) is 17.9. The number of pyridine rings is 1. The molecule has 1 heterocycles. The molecule has 4 nitrogen and oxygen atoms in total. The molecule has 1 aromatic heterocycles. The van der Waals surface area contributed by atoms with Crippen LogP contribution >= 0.6 is 0 Å². The number of aromatic nitrogens is 1. The van der Waals surface area contributed by atoms with E-state index in [-0.39, 0.29) is 17.4 Å². The van der Waals surface area contributed by atoms with Gasteiger partial charge in [-0.25, -0.2) is 0 Å². The third kappa shape index (κ3) is 4.09. The Morgan fingerprint density at radius 1 is 0.844 bits per heavy atom. The molecule has 4 aromatic rings. The lowest BCUT2D eigenvalue weighted by atomic mass is 9.88. The molecular weight excluding hydrogens is 396 g/mol. The lowest BCUT2D eigenvalue weighted by Crippen LogP contribution is -2.20. The number of nitrogens with one attached hydrogen (secondary N) is 2. The molecule has 0 radical (unpaired) electrons. The normalized spacial score (nSPS) is 13.2. The molecule has 0 saturated heterocycles. The molecule has 3 aromatic carbocycles. The van der Waals surface area contributed by atoms with E-state index in [0.29, 0.717) is 12.1 Å². The number of rotatable bonds is 5. The Labute approximate surface area is 187 Å². The average molecular weight is 423 g/mol. The number of carbonyl (C=O) groups is 1. The molecule has 0 saturated carbocycles. The van der Waals surface area contributed by atoms with E-state index in [1.165, 1.54) is 5.56 Å². The maximum absolute atomic E-state index is 13.0. The number of benzene rings is 3. The summed E-state index contributed by atoms with van der Waals surface area (Å²) in [7, 11) is 0. The summed E-state index contributed by atoms with van der Waals surface area (Å²) in [6.07, 6.45) is 4.31. The highest BCUT2D eigenvalue weighted by Crippen LogP contribution is 2.30. The highest BCUT2D eigenvalue weighted by Gasteiger charge is 2.19. The predicted molar refractivity (Wildman–Crippen MR) is 129 cm³/mol. The van der Waals surface area contributed by atoms with Crippen LogP contribution in [0.1, 0.15) is 47.4 Å². The molecule has 0 unspecified atom stereocenters. The van der Waals surface area contributed by atoms with Crippen LogP contribution in [0, 0.1) is 0 Å². The van der Waals surface area contributed by atoms with E-state index >= 15 is 0 Å². The highest BCUT2D eigenvalue weighted by atomic mass is 16.1. The smallest absolute Gasteiger partial charge is 0.251 e. The number of aromatic amines is 1. The summed E-state index contributed by atoms with van der Waals surface area (Å²) in [4.78, 5) is 28.6. The fourth-order valence-corrected chi connectivity index (χ4v) is 4.84. The van der Waals surface area contributed by atoms with Crippen molar-refractivity contribution in [2.75, 3.05) is 5.32 Å². The minimum absolute atomic E-state index is 0.00361.